The topological polar surface area (TPSA) is 75.1 Å². The molecule has 4 aromatic rings. The molecule has 39 heavy (non-hydrogen) atoms. The molecule has 1 saturated heterocycles. The third-order valence-corrected chi connectivity index (χ3v) is 7.17. The second-order valence-corrected chi connectivity index (χ2v) is 9.67. The minimum atomic E-state index is -0.0181. The molecule has 1 amide bonds. The van der Waals surface area contributed by atoms with Gasteiger partial charge in [0.05, 0.1) is 24.8 Å². The van der Waals surface area contributed by atoms with E-state index in [0.29, 0.717) is 36.8 Å². The van der Waals surface area contributed by atoms with Gasteiger partial charge in [0.1, 0.15) is 5.82 Å². The molecule has 1 unspecified atom stereocenters. The van der Waals surface area contributed by atoms with Crippen molar-refractivity contribution in [2.75, 3.05) is 32.0 Å². The van der Waals surface area contributed by atoms with Crippen molar-refractivity contribution in [1.82, 2.24) is 9.55 Å². The molecule has 0 N–H and O–H groups in total. The molecular weight excluding hydrogens is 494 g/mol. The van der Waals surface area contributed by atoms with Crippen LogP contribution >= 0.6 is 0 Å². The number of amides is 1. The smallest absolute Gasteiger partial charge is 0.231 e. The van der Waals surface area contributed by atoms with Gasteiger partial charge in [-0.15, -0.1) is 0 Å². The fraction of sp³-hybridized carbons (Fsp3) is 0.290. The van der Waals surface area contributed by atoms with Crippen LogP contribution in [0.1, 0.15) is 37.1 Å². The summed E-state index contributed by atoms with van der Waals surface area (Å²) in [7, 11) is 1.65. The summed E-state index contributed by atoms with van der Waals surface area (Å²) in [6, 6.07) is 19.7. The molecule has 1 atom stereocenters. The Morgan fingerprint density at radius 3 is 2.79 bits per heavy atom. The maximum absolute atomic E-state index is 13.1. The number of carbonyl (C=O) groups excluding carboxylic acids is 1. The summed E-state index contributed by atoms with van der Waals surface area (Å²) < 4.78 is 24.8. The molecule has 8 nitrogen and oxygen atoms in total. The van der Waals surface area contributed by atoms with Crippen molar-refractivity contribution < 1.29 is 23.7 Å². The van der Waals surface area contributed by atoms with Crippen LogP contribution in [-0.2, 0) is 11.3 Å². The third kappa shape index (κ3) is 4.90. The minimum absolute atomic E-state index is 0.0181. The van der Waals surface area contributed by atoms with Gasteiger partial charge in [-0.3, -0.25) is 4.79 Å². The number of aromatic nitrogens is 2. The number of anilines is 1. The van der Waals surface area contributed by atoms with Gasteiger partial charge in [0.2, 0.25) is 12.7 Å². The Hall–Kier alpha value is -4.46. The van der Waals surface area contributed by atoms with E-state index in [4.69, 9.17) is 23.9 Å². The van der Waals surface area contributed by atoms with Crippen molar-refractivity contribution in [1.29, 1.82) is 0 Å². The van der Waals surface area contributed by atoms with Gasteiger partial charge in [0.15, 0.2) is 23.0 Å². The van der Waals surface area contributed by atoms with Crippen LogP contribution < -0.4 is 23.8 Å². The van der Waals surface area contributed by atoms with Crippen molar-refractivity contribution in [3.63, 3.8) is 0 Å². The molecule has 0 aliphatic carbocycles. The van der Waals surface area contributed by atoms with Crippen LogP contribution in [-0.4, -0.2) is 42.5 Å². The molecule has 8 heteroatoms. The van der Waals surface area contributed by atoms with Crippen LogP contribution in [0.3, 0.4) is 0 Å². The summed E-state index contributed by atoms with van der Waals surface area (Å²) in [5.74, 6) is 3.81. The molecule has 0 bridgehead atoms. The van der Waals surface area contributed by atoms with Crippen molar-refractivity contribution in [2.24, 2.45) is 0 Å². The van der Waals surface area contributed by atoms with Gasteiger partial charge in [0.25, 0.3) is 0 Å². The van der Waals surface area contributed by atoms with Crippen molar-refractivity contribution in [3.8, 4) is 23.0 Å². The number of rotatable bonds is 9. The molecule has 3 heterocycles. The number of methoxy groups -OCH3 is 1. The highest BCUT2D eigenvalue weighted by Gasteiger charge is 2.35. The average Bonchev–Trinajstić information content (AvgIpc) is 3.68. The Kier molecular flexibility index (Phi) is 6.84. The van der Waals surface area contributed by atoms with Crippen LogP contribution in [0.5, 0.6) is 23.0 Å². The highest BCUT2D eigenvalue weighted by molar-refractivity contribution is 5.97. The van der Waals surface area contributed by atoms with Crippen molar-refractivity contribution >= 4 is 28.7 Å². The molecule has 2 aliphatic heterocycles. The first kappa shape index (κ1) is 24.9. The SMILES string of the molecule is C/C=C/c1ccc(OCCCn2c(C3CC(=O)N(c4ccc5c(c4)OCO5)C3)nc3ccccc32)c(OC)c1. The van der Waals surface area contributed by atoms with E-state index in [1.807, 2.05) is 78.6 Å². The van der Waals surface area contributed by atoms with E-state index in [2.05, 4.69) is 10.6 Å². The first-order valence-corrected chi connectivity index (χ1v) is 13.2. The van der Waals surface area contributed by atoms with Gasteiger partial charge in [-0.25, -0.2) is 4.98 Å². The van der Waals surface area contributed by atoms with Crippen LogP contribution in [0.2, 0.25) is 0 Å². The number of hydrogen-bond acceptors (Lipinski definition) is 6. The zero-order chi connectivity index (χ0) is 26.8. The number of para-hydroxylation sites is 2. The van der Waals surface area contributed by atoms with Gasteiger partial charge >= 0.3 is 0 Å². The second-order valence-electron chi connectivity index (χ2n) is 9.67. The number of nitrogens with zero attached hydrogens (tertiary/aromatic N) is 3. The lowest BCUT2D eigenvalue weighted by molar-refractivity contribution is -0.117. The maximum Gasteiger partial charge on any atom is 0.231 e. The fourth-order valence-corrected chi connectivity index (χ4v) is 5.33. The fourth-order valence-electron chi connectivity index (χ4n) is 5.33. The van der Waals surface area contributed by atoms with Crippen LogP contribution in [0.15, 0.2) is 66.7 Å². The Bertz CT molecular complexity index is 1540. The zero-order valence-electron chi connectivity index (χ0n) is 22.1. The van der Waals surface area contributed by atoms with E-state index in [9.17, 15) is 4.79 Å². The van der Waals surface area contributed by atoms with Gasteiger partial charge < -0.3 is 28.4 Å². The van der Waals surface area contributed by atoms with E-state index >= 15 is 0 Å². The number of hydrogen-bond donors (Lipinski definition) is 0. The lowest BCUT2D eigenvalue weighted by atomic mass is 10.1. The molecule has 2 aliphatic rings. The highest BCUT2D eigenvalue weighted by atomic mass is 16.7. The number of aryl methyl sites for hydroxylation is 1. The number of ether oxygens (including phenoxy) is 4. The molecule has 1 fully saturated rings. The first-order valence-electron chi connectivity index (χ1n) is 13.2. The lowest BCUT2D eigenvalue weighted by Gasteiger charge is -2.18. The van der Waals surface area contributed by atoms with E-state index in [0.717, 1.165) is 46.8 Å². The largest absolute Gasteiger partial charge is 0.493 e. The van der Waals surface area contributed by atoms with Crippen molar-refractivity contribution in [2.45, 2.75) is 32.2 Å². The maximum atomic E-state index is 13.1. The van der Waals surface area contributed by atoms with Crippen LogP contribution in [0, 0.1) is 0 Å². The van der Waals surface area contributed by atoms with Gasteiger partial charge in [-0.1, -0.05) is 30.4 Å². The number of imidazole rings is 1. The first-order chi connectivity index (χ1) is 19.1. The molecule has 3 aromatic carbocycles. The third-order valence-electron chi connectivity index (χ3n) is 7.17. The average molecular weight is 526 g/mol. The normalized spacial score (nSPS) is 16.5. The number of allylic oxidation sites excluding steroid dienone is 1. The monoisotopic (exact) mass is 525 g/mol. The summed E-state index contributed by atoms with van der Waals surface area (Å²) in [6.45, 7) is 4.01. The molecular formula is C31H31N3O5. The molecule has 1 aromatic heterocycles. The number of fused-ring (bicyclic) bond motifs is 2. The van der Waals surface area contributed by atoms with Crippen LogP contribution in [0.25, 0.3) is 17.1 Å². The number of benzene rings is 3. The van der Waals surface area contributed by atoms with Gasteiger partial charge in [-0.05, 0) is 55.3 Å². The summed E-state index contributed by atoms with van der Waals surface area (Å²) >= 11 is 0. The second kappa shape index (κ2) is 10.7. The molecule has 0 saturated carbocycles. The van der Waals surface area contributed by atoms with Crippen LogP contribution in [0.4, 0.5) is 5.69 Å². The van der Waals surface area contributed by atoms with Gasteiger partial charge in [-0.2, -0.15) is 0 Å². The molecule has 200 valence electrons. The quantitative estimate of drug-likeness (QED) is 0.257. The molecule has 0 spiro atoms. The Morgan fingerprint density at radius 1 is 1.05 bits per heavy atom. The zero-order valence-corrected chi connectivity index (χ0v) is 22.1. The lowest BCUT2D eigenvalue weighted by Crippen LogP contribution is -2.24. The molecule has 6 rings (SSSR count). The predicted molar refractivity (Wildman–Crippen MR) is 150 cm³/mol. The summed E-state index contributed by atoms with van der Waals surface area (Å²) in [5, 5.41) is 0. The van der Waals surface area contributed by atoms with E-state index in [-0.39, 0.29) is 18.6 Å². The van der Waals surface area contributed by atoms with E-state index < -0.39 is 0 Å². The van der Waals surface area contributed by atoms with Gasteiger partial charge in [0, 0.05) is 37.2 Å². The summed E-state index contributed by atoms with van der Waals surface area (Å²) in [6.07, 6.45) is 5.21. The minimum Gasteiger partial charge on any atom is -0.493 e. The Labute approximate surface area is 227 Å². The number of carbonyl (C=O) groups is 1. The Morgan fingerprint density at radius 2 is 1.92 bits per heavy atom. The summed E-state index contributed by atoms with van der Waals surface area (Å²) in [4.78, 5) is 19.9. The Balaban J connectivity index is 1.18. The predicted octanol–water partition coefficient (Wildman–Crippen LogP) is 5.80. The van der Waals surface area contributed by atoms with Crippen molar-refractivity contribution in [3.05, 3.63) is 78.1 Å². The molecule has 0 radical (unpaired) electrons. The van der Waals surface area contributed by atoms with E-state index in [1.165, 1.54) is 0 Å². The van der Waals surface area contributed by atoms with E-state index in [1.54, 1.807) is 7.11 Å². The highest BCUT2D eigenvalue weighted by Crippen LogP contribution is 2.39. The summed E-state index contributed by atoms with van der Waals surface area (Å²) in [5.41, 5.74) is 3.88. The standard InChI is InChI=1S/C31H31N3O5/c1-3-7-21-10-12-26(28(16-21)36-2)37-15-6-14-33-25-9-5-4-8-24(25)32-31(33)22-17-30(35)34(19-22)23-11-13-27-29(18-23)39-20-38-27/h3-5,7-13,16,18,22H,6,14-15,17,19-20H2,1-2H3/b7-3+.